The molecule has 1 amide bonds. The molecule has 2 aromatic carbocycles. The third-order valence-electron chi connectivity index (χ3n) is 2.64. The van der Waals surface area contributed by atoms with Gasteiger partial charge in [0.25, 0.3) is 5.91 Å². The normalized spacial score (nSPS) is 10.6. The van der Waals surface area contributed by atoms with Crippen molar-refractivity contribution in [2.75, 3.05) is 7.11 Å². The minimum atomic E-state index is -0.294. The molecule has 0 heterocycles. The van der Waals surface area contributed by atoms with Crippen LogP contribution in [0.25, 0.3) is 0 Å². The summed E-state index contributed by atoms with van der Waals surface area (Å²) in [5, 5.41) is 4.62. The van der Waals surface area contributed by atoms with Crippen molar-refractivity contribution in [1.29, 1.82) is 0 Å². The fourth-order valence-corrected chi connectivity index (χ4v) is 2.33. The smallest absolute Gasteiger partial charge is 0.271 e. The van der Waals surface area contributed by atoms with E-state index in [0.29, 0.717) is 26.9 Å². The van der Waals surface area contributed by atoms with Gasteiger partial charge < -0.3 is 4.74 Å². The minimum Gasteiger partial charge on any atom is -0.494 e. The van der Waals surface area contributed by atoms with E-state index in [4.69, 9.17) is 27.9 Å². The van der Waals surface area contributed by atoms with E-state index in [0.717, 1.165) is 0 Å². The van der Waals surface area contributed by atoms with Crippen LogP contribution in [0.4, 0.5) is 0 Å². The van der Waals surface area contributed by atoms with Crippen LogP contribution in [0.5, 0.6) is 5.75 Å². The van der Waals surface area contributed by atoms with E-state index in [1.807, 2.05) is 6.07 Å². The zero-order chi connectivity index (χ0) is 15.2. The van der Waals surface area contributed by atoms with Crippen molar-refractivity contribution in [3.05, 3.63) is 63.6 Å². The van der Waals surface area contributed by atoms with Gasteiger partial charge in [0.15, 0.2) is 5.75 Å². The van der Waals surface area contributed by atoms with Gasteiger partial charge in [0, 0.05) is 5.56 Å². The van der Waals surface area contributed by atoms with Crippen LogP contribution in [0.2, 0.25) is 10.0 Å². The van der Waals surface area contributed by atoms with E-state index in [9.17, 15) is 4.79 Å². The monoisotopic (exact) mass is 322 g/mol. The Morgan fingerprint density at radius 3 is 2.38 bits per heavy atom. The number of carbonyl (C=O) groups excluding carboxylic acids is 1. The number of hydrogen-bond donors (Lipinski definition) is 1. The van der Waals surface area contributed by atoms with Crippen LogP contribution in [0, 0.1) is 0 Å². The van der Waals surface area contributed by atoms with E-state index in [1.165, 1.54) is 13.3 Å². The summed E-state index contributed by atoms with van der Waals surface area (Å²) in [6.45, 7) is 0. The zero-order valence-electron chi connectivity index (χ0n) is 11.1. The molecule has 0 unspecified atom stereocenters. The lowest BCUT2D eigenvalue weighted by molar-refractivity contribution is 0.0955. The lowest BCUT2D eigenvalue weighted by Gasteiger charge is -2.06. The van der Waals surface area contributed by atoms with Crippen molar-refractivity contribution >= 4 is 35.3 Å². The number of nitrogens with zero attached hydrogens (tertiary/aromatic N) is 1. The Hall–Kier alpha value is -2.04. The standard InChI is InChI=1S/C15H12Cl2N2O2/c1-21-14-12(16)7-10(8-13(14)17)9-18-19-15(20)11-5-3-2-4-6-11/h2-9H,1H3,(H,19,20). The number of nitrogens with one attached hydrogen (secondary N) is 1. The summed E-state index contributed by atoms with van der Waals surface area (Å²) < 4.78 is 5.05. The molecule has 0 atom stereocenters. The first-order valence-corrected chi connectivity index (χ1v) is 6.79. The Labute approximate surface area is 132 Å². The number of hydrogen-bond acceptors (Lipinski definition) is 3. The van der Waals surface area contributed by atoms with Crippen LogP contribution in [0.3, 0.4) is 0 Å². The average molecular weight is 323 g/mol. The van der Waals surface area contributed by atoms with Gasteiger partial charge in [-0.25, -0.2) is 5.43 Å². The fraction of sp³-hybridized carbons (Fsp3) is 0.0667. The molecular weight excluding hydrogens is 311 g/mol. The van der Waals surface area contributed by atoms with Gasteiger partial charge in [0.2, 0.25) is 0 Å². The van der Waals surface area contributed by atoms with Crippen LogP contribution in [0.1, 0.15) is 15.9 Å². The lowest BCUT2D eigenvalue weighted by Crippen LogP contribution is -2.17. The van der Waals surface area contributed by atoms with Crippen molar-refractivity contribution < 1.29 is 9.53 Å². The first-order chi connectivity index (χ1) is 10.1. The number of carbonyl (C=O) groups is 1. The summed E-state index contributed by atoms with van der Waals surface area (Å²) in [4.78, 5) is 11.8. The Morgan fingerprint density at radius 1 is 1.19 bits per heavy atom. The van der Waals surface area contributed by atoms with Gasteiger partial charge in [0.05, 0.1) is 23.4 Å². The minimum absolute atomic E-state index is 0.294. The van der Waals surface area contributed by atoms with Crippen molar-refractivity contribution in [2.45, 2.75) is 0 Å². The number of benzene rings is 2. The second kappa shape index (κ2) is 7.11. The van der Waals surface area contributed by atoms with Crippen molar-refractivity contribution in [2.24, 2.45) is 5.10 Å². The highest BCUT2D eigenvalue weighted by atomic mass is 35.5. The molecule has 4 nitrogen and oxygen atoms in total. The van der Waals surface area contributed by atoms with Gasteiger partial charge in [-0.2, -0.15) is 5.10 Å². The molecule has 0 aromatic heterocycles. The van der Waals surface area contributed by atoms with E-state index < -0.39 is 0 Å². The van der Waals surface area contributed by atoms with Gasteiger partial charge in [-0.1, -0.05) is 41.4 Å². The number of methoxy groups -OCH3 is 1. The van der Waals surface area contributed by atoms with Crippen LogP contribution in [0.15, 0.2) is 47.6 Å². The number of halogens is 2. The Kier molecular flexibility index (Phi) is 5.20. The summed E-state index contributed by atoms with van der Waals surface area (Å²) in [7, 11) is 1.49. The molecule has 0 saturated heterocycles. The average Bonchev–Trinajstić information content (AvgIpc) is 2.48. The second-order valence-electron chi connectivity index (χ2n) is 4.08. The summed E-state index contributed by atoms with van der Waals surface area (Å²) >= 11 is 12.0. The topological polar surface area (TPSA) is 50.7 Å². The molecule has 0 saturated carbocycles. The molecule has 0 spiro atoms. The van der Waals surface area contributed by atoms with Gasteiger partial charge in [0.1, 0.15) is 0 Å². The van der Waals surface area contributed by atoms with Gasteiger partial charge in [-0.3, -0.25) is 4.79 Å². The van der Waals surface area contributed by atoms with Crippen molar-refractivity contribution in [3.8, 4) is 5.75 Å². The van der Waals surface area contributed by atoms with E-state index in [2.05, 4.69) is 10.5 Å². The maximum absolute atomic E-state index is 11.8. The summed E-state index contributed by atoms with van der Waals surface area (Å²) in [6, 6.07) is 12.1. The molecule has 0 bridgehead atoms. The predicted molar refractivity (Wildman–Crippen MR) is 84.5 cm³/mol. The third kappa shape index (κ3) is 3.97. The number of rotatable bonds is 4. The van der Waals surface area contributed by atoms with Gasteiger partial charge in [-0.05, 0) is 29.8 Å². The molecule has 2 rings (SSSR count). The van der Waals surface area contributed by atoms with Crippen LogP contribution in [-0.4, -0.2) is 19.2 Å². The first-order valence-electron chi connectivity index (χ1n) is 6.03. The highest BCUT2D eigenvalue weighted by molar-refractivity contribution is 6.37. The molecule has 0 fully saturated rings. The maximum Gasteiger partial charge on any atom is 0.271 e. The van der Waals surface area contributed by atoms with Crippen LogP contribution in [-0.2, 0) is 0 Å². The molecule has 0 aliphatic carbocycles. The van der Waals surface area contributed by atoms with E-state index in [1.54, 1.807) is 36.4 Å². The van der Waals surface area contributed by atoms with E-state index in [-0.39, 0.29) is 5.91 Å². The lowest BCUT2D eigenvalue weighted by atomic mass is 10.2. The Morgan fingerprint density at radius 2 is 1.81 bits per heavy atom. The molecule has 0 aliphatic rings. The number of hydrazone groups is 1. The number of ether oxygens (including phenoxy) is 1. The van der Waals surface area contributed by atoms with Crippen LogP contribution >= 0.6 is 23.2 Å². The molecular formula is C15H12Cl2N2O2. The number of amides is 1. The molecule has 1 N–H and O–H groups in total. The summed E-state index contributed by atoms with van der Waals surface area (Å²) in [6.07, 6.45) is 1.46. The second-order valence-corrected chi connectivity index (χ2v) is 4.90. The van der Waals surface area contributed by atoms with Crippen molar-refractivity contribution in [1.82, 2.24) is 5.43 Å². The third-order valence-corrected chi connectivity index (χ3v) is 3.20. The molecule has 0 radical (unpaired) electrons. The highest BCUT2D eigenvalue weighted by Gasteiger charge is 2.07. The van der Waals surface area contributed by atoms with Gasteiger partial charge in [-0.15, -0.1) is 0 Å². The van der Waals surface area contributed by atoms with Crippen molar-refractivity contribution in [3.63, 3.8) is 0 Å². The largest absolute Gasteiger partial charge is 0.494 e. The highest BCUT2D eigenvalue weighted by Crippen LogP contribution is 2.33. The zero-order valence-corrected chi connectivity index (χ0v) is 12.7. The predicted octanol–water partition coefficient (Wildman–Crippen LogP) is 3.77. The summed E-state index contributed by atoms with van der Waals surface area (Å²) in [5.74, 6) is 0.112. The Bertz CT molecular complexity index is 650. The molecule has 0 aliphatic heterocycles. The molecule has 21 heavy (non-hydrogen) atoms. The van der Waals surface area contributed by atoms with E-state index >= 15 is 0 Å². The Balaban J connectivity index is 2.07. The molecule has 6 heteroatoms. The summed E-state index contributed by atoms with van der Waals surface area (Å²) in [5.41, 5.74) is 3.61. The fourth-order valence-electron chi connectivity index (χ4n) is 1.67. The molecule has 2 aromatic rings. The van der Waals surface area contributed by atoms with Gasteiger partial charge >= 0.3 is 0 Å². The molecule has 108 valence electrons. The quantitative estimate of drug-likeness (QED) is 0.688. The van der Waals surface area contributed by atoms with Crippen LogP contribution < -0.4 is 10.2 Å². The SMILES string of the molecule is COc1c(Cl)cc(C=NNC(=O)c2ccccc2)cc1Cl. The maximum atomic E-state index is 11.8. The first kappa shape index (κ1) is 15.4.